The maximum atomic E-state index is 12.1. The van der Waals surface area contributed by atoms with Gasteiger partial charge in [-0.1, -0.05) is 24.3 Å². The summed E-state index contributed by atoms with van der Waals surface area (Å²) < 4.78 is 22.1. The first-order chi connectivity index (χ1) is 12.0. The highest BCUT2D eigenvalue weighted by molar-refractivity contribution is 7.84. The van der Waals surface area contributed by atoms with Gasteiger partial charge in [0.15, 0.2) is 6.61 Å². The van der Waals surface area contributed by atoms with Crippen molar-refractivity contribution in [2.24, 2.45) is 0 Å². The number of hydrogen-bond acceptors (Lipinski definition) is 5. The van der Waals surface area contributed by atoms with Gasteiger partial charge in [-0.15, -0.1) is 0 Å². The van der Waals surface area contributed by atoms with E-state index in [-0.39, 0.29) is 5.56 Å². The molecule has 0 fully saturated rings. The number of para-hydroxylation sites is 2. The molecule has 7 heteroatoms. The van der Waals surface area contributed by atoms with Crippen LogP contribution < -0.4 is 10.1 Å². The quantitative estimate of drug-likeness (QED) is 0.767. The predicted molar refractivity (Wildman–Crippen MR) is 95.3 cm³/mol. The van der Waals surface area contributed by atoms with Crippen LogP contribution in [0.5, 0.6) is 5.75 Å². The lowest BCUT2D eigenvalue weighted by atomic mass is 10.2. The Morgan fingerprint density at radius 1 is 1.08 bits per heavy atom. The van der Waals surface area contributed by atoms with Crippen molar-refractivity contribution in [2.75, 3.05) is 24.8 Å². The molecule has 1 N–H and O–H groups in total. The Balaban J connectivity index is 1.99. The van der Waals surface area contributed by atoms with Crippen molar-refractivity contribution in [3.05, 3.63) is 54.1 Å². The SMILES string of the molecule is CCOc1ccccc1NC(=O)COC(=O)c1ccccc1[S@](C)=O. The Hall–Kier alpha value is -2.67. The first kappa shape index (κ1) is 18.7. The van der Waals surface area contributed by atoms with Crippen molar-refractivity contribution in [1.82, 2.24) is 0 Å². The fourth-order valence-electron chi connectivity index (χ4n) is 2.13. The van der Waals surface area contributed by atoms with Crippen LogP contribution in [0.1, 0.15) is 17.3 Å². The number of amides is 1. The summed E-state index contributed by atoms with van der Waals surface area (Å²) in [6, 6.07) is 13.4. The van der Waals surface area contributed by atoms with E-state index in [0.717, 1.165) is 0 Å². The third kappa shape index (κ3) is 5.15. The zero-order valence-corrected chi connectivity index (χ0v) is 14.8. The molecule has 0 saturated heterocycles. The van der Waals surface area contributed by atoms with Crippen molar-refractivity contribution in [1.29, 1.82) is 0 Å². The molecule has 0 saturated carbocycles. The van der Waals surface area contributed by atoms with Gasteiger partial charge in [-0.05, 0) is 31.2 Å². The monoisotopic (exact) mass is 361 g/mol. The van der Waals surface area contributed by atoms with Crippen LogP contribution in [-0.2, 0) is 20.3 Å². The fourth-order valence-corrected chi connectivity index (χ4v) is 2.86. The second-order valence-corrected chi connectivity index (χ2v) is 6.35. The Bertz CT molecular complexity index is 791. The Morgan fingerprint density at radius 2 is 1.76 bits per heavy atom. The molecular formula is C18H19NO5S. The Kier molecular flexibility index (Phi) is 6.71. The molecule has 0 aromatic heterocycles. The number of esters is 1. The molecule has 0 heterocycles. The molecule has 2 aromatic carbocycles. The van der Waals surface area contributed by atoms with Crippen LogP contribution in [0.4, 0.5) is 5.69 Å². The minimum atomic E-state index is -1.33. The molecule has 0 spiro atoms. The third-order valence-corrected chi connectivity index (χ3v) is 4.19. The zero-order chi connectivity index (χ0) is 18.2. The number of rotatable bonds is 7. The van der Waals surface area contributed by atoms with Gasteiger partial charge >= 0.3 is 5.97 Å². The van der Waals surface area contributed by atoms with Gasteiger partial charge in [0.05, 0.1) is 33.6 Å². The zero-order valence-electron chi connectivity index (χ0n) is 14.0. The second kappa shape index (κ2) is 8.98. The van der Waals surface area contributed by atoms with Crippen LogP contribution >= 0.6 is 0 Å². The van der Waals surface area contributed by atoms with Gasteiger partial charge in [-0.3, -0.25) is 9.00 Å². The number of carbonyl (C=O) groups excluding carboxylic acids is 2. The van der Waals surface area contributed by atoms with Gasteiger partial charge in [0.25, 0.3) is 5.91 Å². The van der Waals surface area contributed by atoms with E-state index in [0.29, 0.717) is 22.9 Å². The molecule has 0 aliphatic carbocycles. The minimum Gasteiger partial charge on any atom is -0.492 e. The molecule has 0 bridgehead atoms. The molecule has 0 unspecified atom stereocenters. The predicted octanol–water partition coefficient (Wildman–Crippen LogP) is 2.62. The summed E-state index contributed by atoms with van der Waals surface area (Å²) in [5, 5.41) is 2.64. The summed E-state index contributed by atoms with van der Waals surface area (Å²) in [6.07, 6.45) is 1.48. The van der Waals surface area contributed by atoms with Crippen molar-refractivity contribution in [3.8, 4) is 5.75 Å². The van der Waals surface area contributed by atoms with E-state index in [9.17, 15) is 13.8 Å². The molecule has 0 radical (unpaired) electrons. The molecule has 1 atom stereocenters. The molecule has 0 aliphatic rings. The lowest BCUT2D eigenvalue weighted by Gasteiger charge is -2.12. The summed E-state index contributed by atoms with van der Waals surface area (Å²) in [7, 11) is -1.33. The summed E-state index contributed by atoms with van der Waals surface area (Å²) in [6.45, 7) is 1.85. The molecule has 1 amide bonds. The van der Waals surface area contributed by atoms with Crippen molar-refractivity contribution >= 4 is 28.4 Å². The van der Waals surface area contributed by atoms with Gasteiger partial charge in [0.2, 0.25) is 0 Å². The average molecular weight is 361 g/mol. The summed E-state index contributed by atoms with van der Waals surface area (Å²) in [4.78, 5) is 24.5. The van der Waals surface area contributed by atoms with Crippen molar-refractivity contribution in [3.63, 3.8) is 0 Å². The minimum absolute atomic E-state index is 0.186. The number of nitrogens with one attached hydrogen (secondary N) is 1. The fraction of sp³-hybridized carbons (Fsp3) is 0.222. The van der Waals surface area contributed by atoms with Gasteiger partial charge in [0.1, 0.15) is 5.75 Å². The third-order valence-electron chi connectivity index (χ3n) is 3.21. The van der Waals surface area contributed by atoms with Gasteiger partial charge in [-0.25, -0.2) is 4.79 Å². The van der Waals surface area contributed by atoms with E-state index in [1.54, 1.807) is 42.5 Å². The van der Waals surface area contributed by atoms with Crippen molar-refractivity contribution in [2.45, 2.75) is 11.8 Å². The highest BCUT2D eigenvalue weighted by Gasteiger charge is 2.16. The molecule has 2 aromatic rings. The van der Waals surface area contributed by atoms with Gasteiger partial charge in [-0.2, -0.15) is 0 Å². The normalized spacial score (nSPS) is 11.4. The number of anilines is 1. The number of carbonyl (C=O) groups is 2. The van der Waals surface area contributed by atoms with Crippen LogP contribution in [-0.4, -0.2) is 35.6 Å². The molecule has 0 aliphatic heterocycles. The maximum absolute atomic E-state index is 12.1. The van der Waals surface area contributed by atoms with Crippen LogP contribution in [0.15, 0.2) is 53.4 Å². The summed E-state index contributed by atoms with van der Waals surface area (Å²) in [5.74, 6) is -0.647. The number of ether oxygens (including phenoxy) is 2. The van der Waals surface area contributed by atoms with Crippen LogP contribution in [0.25, 0.3) is 0 Å². The Labute approximate surface area is 148 Å². The maximum Gasteiger partial charge on any atom is 0.339 e. The largest absolute Gasteiger partial charge is 0.492 e. The summed E-state index contributed by atoms with van der Waals surface area (Å²) in [5.41, 5.74) is 0.686. The first-order valence-electron chi connectivity index (χ1n) is 7.64. The smallest absolute Gasteiger partial charge is 0.339 e. The summed E-state index contributed by atoms with van der Waals surface area (Å²) >= 11 is 0. The van der Waals surface area contributed by atoms with E-state index < -0.39 is 29.3 Å². The number of benzene rings is 2. The molecular weight excluding hydrogens is 342 g/mol. The lowest BCUT2D eigenvalue weighted by molar-refractivity contribution is -0.119. The highest BCUT2D eigenvalue weighted by Crippen LogP contribution is 2.23. The lowest BCUT2D eigenvalue weighted by Crippen LogP contribution is -2.21. The van der Waals surface area contributed by atoms with Crippen LogP contribution in [0.3, 0.4) is 0 Å². The van der Waals surface area contributed by atoms with E-state index in [1.165, 1.54) is 12.3 Å². The molecule has 25 heavy (non-hydrogen) atoms. The van der Waals surface area contributed by atoms with Gasteiger partial charge in [0, 0.05) is 6.26 Å². The van der Waals surface area contributed by atoms with Crippen LogP contribution in [0, 0.1) is 0 Å². The van der Waals surface area contributed by atoms with E-state index in [2.05, 4.69) is 5.32 Å². The van der Waals surface area contributed by atoms with E-state index in [1.807, 2.05) is 6.92 Å². The second-order valence-electron chi connectivity index (χ2n) is 5.00. The highest BCUT2D eigenvalue weighted by atomic mass is 32.2. The van der Waals surface area contributed by atoms with Crippen LogP contribution in [0.2, 0.25) is 0 Å². The standard InChI is InChI=1S/C18H19NO5S/c1-3-23-15-10-6-5-9-14(15)19-17(20)12-24-18(21)13-8-4-7-11-16(13)25(2)22/h4-11H,3,12H2,1-2H3,(H,19,20)/t25-/m0/s1. The number of hydrogen-bond donors (Lipinski definition) is 1. The average Bonchev–Trinajstić information content (AvgIpc) is 2.61. The Morgan fingerprint density at radius 3 is 2.48 bits per heavy atom. The topological polar surface area (TPSA) is 81.7 Å². The van der Waals surface area contributed by atoms with Crippen molar-refractivity contribution < 1.29 is 23.3 Å². The molecule has 132 valence electrons. The molecule has 2 rings (SSSR count). The molecule has 6 nitrogen and oxygen atoms in total. The van der Waals surface area contributed by atoms with E-state index in [4.69, 9.17) is 9.47 Å². The first-order valence-corrected chi connectivity index (χ1v) is 9.20. The van der Waals surface area contributed by atoms with E-state index >= 15 is 0 Å². The van der Waals surface area contributed by atoms with Gasteiger partial charge < -0.3 is 14.8 Å².